The number of rotatable bonds is 14. The molecule has 7 nitrogen and oxygen atoms in total. The Kier molecular flexibility index (Phi) is 13.4. The Morgan fingerprint density at radius 3 is 1.81 bits per heavy atom. The van der Waals surface area contributed by atoms with Crippen LogP contribution in [0.3, 0.4) is 0 Å². The molecule has 0 aliphatic carbocycles. The van der Waals surface area contributed by atoms with Crippen molar-refractivity contribution in [2.75, 3.05) is 4.90 Å². The summed E-state index contributed by atoms with van der Waals surface area (Å²) in [6.07, 6.45) is 19.1. The van der Waals surface area contributed by atoms with Gasteiger partial charge in [-0.1, -0.05) is 134 Å². The van der Waals surface area contributed by atoms with Gasteiger partial charge in [-0.3, -0.25) is 4.79 Å². The Hall–Kier alpha value is -7.22. The summed E-state index contributed by atoms with van der Waals surface area (Å²) in [5, 5.41) is 36.1. The molecule has 0 aromatic heterocycles. The van der Waals surface area contributed by atoms with Gasteiger partial charge in [0.15, 0.2) is 5.92 Å². The summed E-state index contributed by atoms with van der Waals surface area (Å²) in [7, 11) is 0. The quantitative estimate of drug-likeness (QED) is 0.0586. The lowest BCUT2D eigenvalue weighted by Gasteiger charge is -2.27. The van der Waals surface area contributed by atoms with E-state index in [0.717, 1.165) is 44.9 Å². The molecule has 4 aromatic carbocycles. The monoisotopic (exact) mass is 683 g/mol. The lowest BCUT2D eigenvalue weighted by molar-refractivity contribution is -0.138. The summed E-state index contributed by atoms with van der Waals surface area (Å²) in [6.45, 7) is 7.96. The van der Waals surface area contributed by atoms with Gasteiger partial charge in [-0.25, -0.2) is 4.79 Å². The fourth-order valence-corrected chi connectivity index (χ4v) is 5.17. The molecule has 0 fully saturated rings. The highest BCUT2D eigenvalue weighted by Crippen LogP contribution is 2.37. The van der Waals surface area contributed by atoms with E-state index in [1.165, 1.54) is 17.7 Å². The van der Waals surface area contributed by atoms with Gasteiger partial charge in [-0.05, 0) is 83.6 Å². The highest BCUT2D eigenvalue weighted by Gasteiger charge is 2.15. The maximum Gasteiger partial charge on any atom is 0.346 e. The molecule has 0 radical (unpaired) electrons. The molecule has 0 spiro atoms. The standard InChI is InChI=1S/C45H37N3O4/c1-4-7-34(8-5-6-9-39(30-46)44(49)50)11-12-36-19-23-41(24-20-36)48(43-27-10-32(2)28-33(43)3)42-25-21-37(22-26-42)14-13-35-15-17-38(18-16-35)29-40(31-47)45(51)52/h4-29,39H,1H2,2-3H3,(H,49,50)(H,51,52)/b8-5-,9-6-,12-11+,14-13+,34-7+,40-29+. The van der Waals surface area contributed by atoms with E-state index in [0.29, 0.717) is 5.56 Å². The van der Waals surface area contributed by atoms with Gasteiger partial charge in [0, 0.05) is 17.1 Å². The van der Waals surface area contributed by atoms with Crippen LogP contribution >= 0.6 is 0 Å². The van der Waals surface area contributed by atoms with Gasteiger partial charge in [0.05, 0.1) is 6.07 Å². The zero-order valence-corrected chi connectivity index (χ0v) is 28.8. The second-order valence-electron chi connectivity index (χ2n) is 11.7. The van der Waals surface area contributed by atoms with Crippen LogP contribution in [-0.2, 0) is 9.59 Å². The van der Waals surface area contributed by atoms with Crippen LogP contribution in [0.4, 0.5) is 17.1 Å². The third-order valence-electron chi connectivity index (χ3n) is 7.85. The summed E-state index contributed by atoms with van der Waals surface area (Å²) < 4.78 is 0. The van der Waals surface area contributed by atoms with E-state index in [1.807, 2.05) is 60.7 Å². The van der Waals surface area contributed by atoms with Crippen LogP contribution < -0.4 is 4.90 Å². The molecule has 1 unspecified atom stereocenters. The highest BCUT2D eigenvalue weighted by molar-refractivity contribution is 5.96. The Morgan fingerprint density at radius 2 is 1.31 bits per heavy atom. The molecule has 7 heteroatoms. The zero-order valence-electron chi connectivity index (χ0n) is 28.8. The van der Waals surface area contributed by atoms with Crippen LogP contribution in [0.5, 0.6) is 0 Å². The fraction of sp³-hybridized carbons (Fsp3) is 0.0667. The Bertz CT molecular complexity index is 2190. The number of aliphatic carboxylic acids is 2. The lowest BCUT2D eigenvalue weighted by atomic mass is 10.1. The molecule has 52 heavy (non-hydrogen) atoms. The number of benzene rings is 4. The van der Waals surface area contributed by atoms with Crippen LogP contribution in [0, 0.1) is 42.4 Å². The number of carboxylic acid groups (broad SMARTS) is 2. The van der Waals surface area contributed by atoms with E-state index >= 15 is 0 Å². The third-order valence-corrected chi connectivity index (χ3v) is 7.85. The van der Waals surface area contributed by atoms with E-state index in [-0.39, 0.29) is 5.57 Å². The average Bonchev–Trinajstić information content (AvgIpc) is 3.14. The van der Waals surface area contributed by atoms with E-state index in [4.69, 9.17) is 20.7 Å². The average molecular weight is 684 g/mol. The molecule has 0 saturated heterocycles. The number of hydrogen-bond acceptors (Lipinski definition) is 5. The topological polar surface area (TPSA) is 125 Å². The van der Waals surface area contributed by atoms with E-state index in [9.17, 15) is 9.59 Å². The highest BCUT2D eigenvalue weighted by atomic mass is 16.4. The summed E-state index contributed by atoms with van der Waals surface area (Å²) >= 11 is 0. The van der Waals surface area contributed by atoms with E-state index in [2.05, 4.69) is 79.9 Å². The smallest absolute Gasteiger partial charge is 0.346 e. The van der Waals surface area contributed by atoms with Crippen molar-refractivity contribution in [3.8, 4) is 12.1 Å². The molecular formula is C45H37N3O4. The molecule has 0 aliphatic heterocycles. The van der Waals surface area contributed by atoms with Crippen LogP contribution in [0.15, 0.2) is 151 Å². The normalized spacial score (nSPS) is 12.6. The molecule has 2 N–H and O–H groups in total. The van der Waals surface area contributed by atoms with Crippen molar-refractivity contribution in [3.63, 3.8) is 0 Å². The summed E-state index contributed by atoms with van der Waals surface area (Å²) in [5.41, 5.74) is 9.45. The van der Waals surface area contributed by atoms with Crippen LogP contribution in [-0.4, -0.2) is 22.2 Å². The zero-order chi connectivity index (χ0) is 37.5. The third kappa shape index (κ3) is 10.6. The second-order valence-corrected chi connectivity index (χ2v) is 11.7. The van der Waals surface area contributed by atoms with Crippen molar-refractivity contribution >= 4 is 53.3 Å². The Balaban J connectivity index is 1.56. The minimum Gasteiger partial charge on any atom is -0.480 e. The van der Waals surface area contributed by atoms with Crippen molar-refractivity contribution < 1.29 is 19.8 Å². The molecule has 0 amide bonds. The number of carboxylic acids is 2. The van der Waals surface area contributed by atoms with E-state index < -0.39 is 17.9 Å². The molecular weight excluding hydrogens is 647 g/mol. The minimum atomic E-state index is -1.25. The molecule has 0 aliphatic rings. The first kappa shape index (κ1) is 37.6. The number of nitriles is 2. The largest absolute Gasteiger partial charge is 0.480 e. The van der Waals surface area contributed by atoms with Crippen molar-refractivity contribution in [1.82, 2.24) is 0 Å². The number of aryl methyl sites for hydroxylation is 2. The number of hydrogen-bond donors (Lipinski definition) is 2. The number of nitrogens with zero attached hydrogens (tertiary/aromatic N) is 3. The molecule has 4 aromatic rings. The molecule has 1 atom stereocenters. The van der Waals surface area contributed by atoms with Gasteiger partial charge in [0.1, 0.15) is 11.6 Å². The van der Waals surface area contributed by atoms with Crippen molar-refractivity contribution in [2.45, 2.75) is 13.8 Å². The first-order valence-corrected chi connectivity index (χ1v) is 16.3. The van der Waals surface area contributed by atoms with Crippen molar-refractivity contribution in [3.05, 3.63) is 185 Å². The fourth-order valence-electron chi connectivity index (χ4n) is 5.17. The van der Waals surface area contributed by atoms with E-state index in [1.54, 1.807) is 42.5 Å². The first-order valence-electron chi connectivity index (χ1n) is 16.3. The minimum absolute atomic E-state index is 0.316. The van der Waals surface area contributed by atoms with Gasteiger partial charge in [0.2, 0.25) is 0 Å². The van der Waals surface area contributed by atoms with Crippen LogP contribution in [0.25, 0.3) is 24.3 Å². The molecule has 0 heterocycles. The van der Waals surface area contributed by atoms with Gasteiger partial charge >= 0.3 is 11.9 Å². The van der Waals surface area contributed by atoms with Gasteiger partial charge < -0.3 is 15.1 Å². The van der Waals surface area contributed by atoms with Crippen molar-refractivity contribution in [2.24, 2.45) is 5.92 Å². The SMILES string of the molecule is C=C/C=C(\C=C/C=C\C(C#N)C(=O)O)/C=C/c1ccc(N(c2ccc(/C=C/c3ccc(/C=C(\C#N)C(=O)O)cc3)cc2)c2ccc(C)cc2C)cc1. The summed E-state index contributed by atoms with van der Waals surface area (Å²) in [6, 6.07) is 33.6. The van der Waals surface area contributed by atoms with Crippen LogP contribution in [0.2, 0.25) is 0 Å². The van der Waals surface area contributed by atoms with Gasteiger partial charge in [-0.15, -0.1) is 0 Å². The molecule has 256 valence electrons. The predicted octanol–water partition coefficient (Wildman–Crippen LogP) is 10.4. The Morgan fingerprint density at radius 1 is 0.750 bits per heavy atom. The first-order chi connectivity index (χ1) is 25.1. The number of carbonyl (C=O) groups is 2. The number of anilines is 3. The van der Waals surface area contributed by atoms with Crippen molar-refractivity contribution in [1.29, 1.82) is 10.5 Å². The summed E-state index contributed by atoms with van der Waals surface area (Å²) in [5.74, 6) is -3.64. The lowest BCUT2D eigenvalue weighted by Crippen LogP contribution is -2.11. The maximum atomic E-state index is 11.1. The summed E-state index contributed by atoms with van der Waals surface area (Å²) in [4.78, 5) is 24.4. The number of allylic oxidation sites excluding steroid dienone is 7. The second kappa shape index (κ2) is 18.5. The van der Waals surface area contributed by atoms with Gasteiger partial charge in [-0.2, -0.15) is 10.5 Å². The molecule has 0 bridgehead atoms. The maximum absolute atomic E-state index is 11.1. The molecule has 0 saturated carbocycles. The van der Waals surface area contributed by atoms with Gasteiger partial charge in [0.25, 0.3) is 0 Å². The predicted molar refractivity (Wildman–Crippen MR) is 210 cm³/mol. The van der Waals surface area contributed by atoms with Crippen LogP contribution in [0.1, 0.15) is 33.4 Å². The Labute approximate surface area is 304 Å². The molecule has 4 rings (SSSR count).